The molecular formula is C10H12F10O2S. The highest BCUT2D eigenvalue weighted by atomic mass is 32.2. The quantitative estimate of drug-likeness (QED) is 0.581. The van der Waals surface area contributed by atoms with Crippen LogP contribution in [0.25, 0.3) is 0 Å². The zero-order chi connectivity index (χ0) is 19.1. The van der Waals surface area contributed by atoms with Crippen LogP contribution in [0.5, 0.6) is 0 Å². The van der Waals surface area contributed by atoms with Crippen molar-refractivity contribution in [2.45, 2.75) is 61.4 Å². The molecule has 13 heteroatoms. The van der Waals surface area contributed by atoms with Gasteiger partial charge in [0.05, 0.1) is 0 Å². The molecule has 0 aliphatic rings. The summed E-state index contributed by atoms with van der Waals surface area (Å²) in [4.78, 5) is 0. The zero-order valence-corrected chi connectivity index (χ0v) is 12.4. The van der Waals surface area contributed by atoms with E-state index in [1.165, 1.54) is 0 Å². The molecule has 0 saturated heterocycles. The van der Waals surface area contributed by atoms with Crippen LogP contribution in [0.4, 0.5) is 43.9 Å². The summed E-state index contributed by atoms with van der Waals surface area (Å²) in [6.07, 6.45) is -10.7. The molecule has 0 aromatic heterocycles. The molecule has 0 radical (unpaired) electrons. The Labute approximate surface area is 124 Å². The maximum Gasteiger partial charge on any atom is 0.416 e. The maximum absolute atomic E-state index is 13.3. The first-order valence-electron chi connectivity index (χ1n) is 6.00. The van der Waals surface area contributed by atoms with Crippen molar-refractivity contribution in [3.05, 3.63) is 0 Å². The van der Waals surface area contributed by atoms with Crippen LogP contribution >= 0.6 is 0 Å². The molecule has 0 heterocycles. The number of hydrogen-bond donors (Lipinski definition) is 0. The molecule has 0 bridgehead atoms. The zero-order valence-electron chi connectivity index (χ0n) is 11.6. The van der Waals surface area contributed by atoms with E-state index in [1.807, 2.05) is 0 Å². The summed E-state index contributed by atoms with van der Waals surface area (Å²) in [6.45, 7) is 1.12. The van der Waals surface area contributed by atoms with E-state index in [4.69, 9.17) is 0 Å². The molecule has 2 nitrogen and oxygen atoms in total. The van der Waals surface area contributed by atoms with Gasteiger partial charge in [-0.15, -0.1) is 0 Å². The average Bonchev–Trinajstić information content (AvgIpc) is 2.44. The van der Waals surface area contributed by atoms with Gasteiger partial charge in [-0.05, 0) is 12.8 Å². The van der Waals surface area contributed by atoms with Gasteiger partial charge in [-0.2, -0.15) is 35.1 Å². The molecule has 0 aliphatic carbocycles. The van der Waals surface area contributed by atoms with Crippen molar-refractivity contribution in [2.24, 2.45) is 0 Å². The highest BCUT2D eigenvalue weighted by Crippen LogP contribution is 2.53. The number of alkyl halides is 10. The van der Waals surface area contributed by atoms with Crippen molar-refractivity contribution >= 4 is 9.84 Å². The van der Waals surface area contributed by atoms with Gasteiger partial charge in [0.2, 0.25) is 0 Å². The first-order chi connectivity index (χ1) is 9.96. The van der Waals surface area contributed by atoms with Gasteiger partial charge in [-0.1, -0.05) is 13.8 Å². The number of rotatable bonds is 8. The lowest BCUT2D eigenvalue weighted by Crippen LogP contribution is -2.63. The average molecular weight is 386 g/mol. The number of sulfone groups is 1. The molecule has 0 aliphatic heterocycles. The minimum Gasteiger partial charge on any atom is -0.241 e. The third kappa shape index (κ3) is 3.00. The van der Waals surface area contributed by atoms with Gasteiger partial charge < -0.3 is 0 Å². The summed E-state index contributed by atoms with van der Waals surface area (Å²) in [6, 6.07) is 0. The second-order valence-corrected chi connectivity index (χ2v) is 6.57. The molecule has 2 atom stereocenters. The Bertz CT molecular complexity index is 476. The van der Waals surface area contributed by atoms with Crippen LogP contribution in [0.15, 0.2) is 0 Å². The second kappa shape index (κ2) is 6.28. The third-order valence-corrected chi connectivity index (χ3v) is 4.85. The molecule has 2 unspecified atom stereocenters. The van der Waals surface area contributed by atoms with E-state index < -0.39 is 57.4 Å². The van der Waals surface area contributed by atoms with Crippen LogP contribution in [0, 0.1) is 0 Å². The lowest BCUT2D eigenvalue weighted by molar-refractivity contribution is -0.218. The predicted octanol–water partition coefficient (Wildman–Crippen LogP) is 4.35. The lowest BCUT2D eigenvalue weighted by Gasteiger charge is -2.34. The summed E-state index contributed by atoms with van der Waals surface area (Å²) in [5.41, 5.74) is 0. The fourth-order valence-corrected chi connectivity index (χ4v) is 2.69. The molecule has 140 valence electrons. The number of hydrogen-bond acceptors (Lipinski definition) is 2. The van der Waals surface area contributed by atoms with Crippen LogP contribution in [0.1, 0.15) is 26.7 Å². The topological polar surface area (TPSA) is 34.1 Å². The molecule has 0 spiro atoms. The van der Waals surface area contributed by atoms with Crippen LogP contribution in [0.2, 0.25) is 0 Å². The first kappa shape index (κ1) is 22.2. The van der Waals surface area contributed by atoms with Gasteiger partial charge in [0, 0.05) is 0 Å². The van der Waals surface area contributed by atoms with Crippen molar-refractivity contribution in [3.63, 3.8) is 0 Å². The normalized spacial score (nSPS) is 17.9. The smallest absolute Gasteiger partial charge is 0.241 e. The SMILES string of the molecule is CCC(F)C(F)(F)C(F)(F)S(=O)(=O)C(F)(F)C(F)(F)C(F)CC. The van der Waals surface area contributed by atoms with Crippen LogP contribution in [-0.2, 0) is 9.84 Å². The first-order valence-corrected chi connectivity index (χ1v) is 7.48. The molecular weight excluding hydrogens is 374 g/mol. The standard InChI is InChI=1S/C10H12F10O2S/c1-3-5(11)7(13,14)9(17,18)23(21,22)10(19,20)8(15,16)6(12)4-2/h5-6H,3-4H2,1-2H3. The maximum atomic E-state index is 13.3. The summed E-state index contributed by atoms with van der Waals surface area (Å²) in [5.74, 6) is -12.4. The fraction of sp³-hybridized carbons (Fsp3) is 1.00. The van der Waals surface area contributed by atoms with Gasteiger partial charge in [-0.25, -0.2) is 17.2 Å². The largest absolute Gasteiger partial charge is 0.416 e. The van der Waals surface area contributed by atoms with Gasteiger partial charge in [0.25, 0.3) is 9.84 Å². The second-order valence-electron chi connectivity index (χ2n) is 4.53. The molecule has 23 heavy (non-hydrogen) atoms. The Morgan fingerprint density at radius 1 is 0.696 bits per heavy atom. The van der Waals surface area contributed by atoms with E-state index in [1.54, 1.807) is 0 Å². The van der Waals surface area contributed by atoms with Crippen molar-refractivity contribution in [1.82, 2.24) is 0 Å². The van der Waals surface area contributed by atoms with Gasteiger partial charge in [-0.3, -0.25) is 0 Å². The molecule has 0 N–H and O–H groups in total. The van der Waals surface area contributed by atoms with Crippen molar-refractivity contribution in [3.8, 4) is 0 Å². The third-order valence-electron chi connectivity index (χ3n) is 2.95. The highest BCUT2D eigenvalue weighted by Gasteiger charge is 2.81. The van der Waals surface area contributed by atoms with Gasteiger partial charge >= 0.3 is 22.4 Å². The van der Waals surface area contributed by atoms with E-state index in [0.29, 0.717) is 13.8 Å². The van der Waals surface area contributed by atoms with Crippen LogP contribution < -0.4 is 0 Å². The fourth-order valence-electron chi connectivity index (χ4n) is 1.40. The molecule has 0 amide bonds. The summed E-state index contributed by atoms with van der Waals surface area (Å²) in [5, 5.41) is -13.8. The Morgan fingerprint density at radius 2 is 0.913 bits per heavy atom. The Kier molecular flexibility index (Phi) is 6.08. The number of halogens is 10. The van der Waals surface area contributed by atoms with Crippen LogP contribution in [-0.4, -0.2) is 43.1 Å². The monoisotopic (exact) mass is 386 g/mol. The predicted molar refractivity (Wildman–Crippen MR) is 59.1 cm³/mol. The minimum atomic E-state index is -8.01. The molecule has 0 aromatic carbocycles. The molecule has 0 saturated carbocycles. The van der Waals surface area contributed by atoms with E-state index in [0.717, 1.165) is 0 Å². The van der Waals surface area contributed by atoms with Crippen molar-refractivity contribution in [2.75, 3.05) is 0 Å². The van der Waals surface area contributed by atoms with E-state index in [2.05, 4.69) is 0 Å². The Morgan fingerprint density at radius 3 is 1.09 bits per heavy atom. The summed E-state index contributed by atoms with van der Waals surface area (Å²) in [7, 11) is -8.01. The van der Waals surface area contributed by atoms with Crippen molar-refractivity contribution < 1.29 is 52.3 Å². The Hall–Kier alpha value is -0.750. The molecule has 0 fully saturated rings. The van der Waals surface area contributed by atoms with Gasteiger partial charge in [0.15, 0.2) is 12.3 Å². The minimum absolute atomic E-state index is 0.558. The Balaban J connectivity index is 6.26. The summed E-state index contributed by atoms with van der Waals surface area (Å²) >= 11 is 0. The van der Waals surface area contributed by atoms with E-state index in [9.17, 15) is 52.3 Å². The molecule has 0 aromatic rings. The highest BCUT2D eigenvalue weighted by molar-refractivity contribution is 7.93. The van der Waals surface area contributed by atoms with E-state index >= 15 is 0 Å². The molecule has 0 rings (SSSR count). The van der Waals surface area contributed by atoms with Gasteiger partial charge in [0.1, 0.15) is 0 Å². The van der Waals surface area contributed by atoms with Crippen molar-refractivity contribution in [1.29, 1.82) is 0 Å². The summed E-state index contributed by atoms with van der Waals surface area (Å²) < 4.78 is 153. The lowest BCUT2D eigenvalue weighted by atomic mass is 10.1. The van der Waals surface area contributed by atoms with Crippen LogP contribution in [0.3, 0.4) is 0 Å². The van der Waals surface area contributed by atoms with E-state index in [-0.39, 0.29) is 0 Å².